The molecule has 32 heavy (non-hydrogen) atoms. The number of Topliss-reactive ketones (excluding diaryl/α,β-unsaturated/α-hetero) is 1. The molecule has 1 amide bonds. The van der Waals surface area contributed by atoms with Crippen LogP contribution in [0.2, 0.25) is 0 Å². The number of amides is 1. The summed E-state index contributed by atoms with van der Waals surface area (Å²) in [5.74, 6) is -0.580. The third-order valence-corrected chi connectivity index (χ3v) is 6.37. The molecule has 0 aromatic heterocycles. The van der Waals surface area contributed by atoms with Gasteiger partial charge in [-0.05, 0) is 75.4 Å². The van der Waals surface area contributed by atoms with Crippen LogP contribution in [0.5, 0.6) is 5.75 Å². The Morgan fingerprint density at radius 1 is 1.22 bits per heavy atom. The van der Waals surface area contributed by atoms with Crippen molar-refractivity contribution in [1.29, 1.82) is 0 Å². The van der Waals surface area contributed by atoms with E-state index < -0.39 is 17.7 Å². The highest BCUT2D eigenvalue weighted by atomic mass is 79.9. The minimum Gasteiger partial charge on any atom is -0.507 e. The molecule has 7 heteroatoms. The first-order valence-corrected chi connectivity index (χ1v) is 11.5. The number of hydrogen-bond donors (Lipinski definition) is 1. The Morgan fingerprint density at radius 3 is 2.72 bits per heavy atom. The summed E-state index contributed by atoms with van der Waals surface area (Å²) in [5, 5.41) is 11.3. The molecule has 2 aromatic carbocycles. The molecule has 1 fully saturated rings. The molecule has 4 rings (SSSR count). The molecule has 2 heterocycles. The number of fused-ring (bicyclic) bond motifs is 1. The van der Waals surface area contributed by atoms with Gasteiger partial charge >= 0.3 is 0 Å². The van der Waals surface area contributed by atoms with Gasteiger partial charge in [0.25, 0.3) is 11.7 Å². The topological polar surface area (TPSA) is 70.1 Å². The van der Waals surface area contributed by atoms with Crippen molar-refractivity contribution in [3.05, 3.63) is 69.2 Å². The Hall–Kier alpha value is -2.64. The standard InChI is InChI=1S/C25H27BrN2O4/c1-15-12-18-13-17(8-9-20(18)32-15)23(29)21-22(16-6-4-7-19(26)14-16)28(25(31)24(21)30)11-5-10-27(2)3/h4,6-9,13-15,22,29H,5,10-12H2,1-3H3. The van der Waals surface area contributed by atoms with Crippen LogP contribution in [0.3, 0.4) is 0 Å². The number of nitrogens with zero attached hydrogens (tertiary/aromatic N) is 2. The number of halogens is 1. The number of ketones is 1. The number of hydrogen-bond acceptors (Lipinski definition) is 5. The Kier molecular flexibility index (Phi) is 6.40. The lowest BCUT2D eigenvalue weighted by Crippen LogP contribution is -2.32. The highest BCUT2D eigenvalue weighted by Crippen LogP contribution is 2.41. The van der Waals surface area contributed by atoms with Gasteiger partial charge in [0, 0.05) is 23.0 Å². The molecule has 2 atom stereocenters. The third kappa shape index (κ3) is 4.32. The molecule has 0 bridgehead atoms. The molecule has 0 radical (unpaired) electrons. The number of carbonyl (C=O) groups is 2. The maximum atomic E-state index is 13.1. The zero-order valence-electron chi connectivity index (χ0n) is 18.5. The van der Waals surface area contributed by atoms with Crippen LogP contribution in [0.4, 0.5) is 0 Å². The summed E-state index contributed by atoms with van der Waals surface area (Å²) < 4.78 is 6.60. The maximum Gasteiger partial charge on any atom is 0.295 e. The van der Waals surface area contributed by atoms with E-state index in [1.165, 1.54) is 0 Å². The lowest BCUT2D eigenvalue weighted by atomic mass is 9.94. The second-order valence-electron chi connectivity index (χ2n) is 8.66. The van der Waals surface area contributed by atoms with Crippen LogP contribution >= 0.6 is 15.9 Å². The van der Waals surface area contributed by atoms with E-state index in [2.05, 4.69) is 15.9 Å². The molecule has 2 aliphatic rings. The van der Waals surface area contributed by atoms with Gasteiger partial charge in [0.15, 0.2) is 0 Å². The van der Waals surface area contributed by atoms with Gasteiger partial charge in [-0.1, -0.05) is 28.1 Å². The zero-order valence-corrected chi connectivity index (χ0v) is 20.1. The number of benzene rings is 2. The first-order valence-electron chi connectivity index (χ1n) is 10.7. The SMILES string of the molecule is CC1Cc2cc(C(O)=C3C(=O)C(=O)N(CCCN(C)C)C3c3cccc(Br)c3)ccc2O1. The van der Waals surface area contributed by atoms with E-state index in [1.54, 1.807) is 11.0 Å². The fourth-order valence-corrected chi connectivity index (χ4v) is 4.83. The first kappa shape index (κ1) is 22.6. The monoisotopic (exact) mass is 498 g/mol. The molecule has 1 N–H and O–H groups in total. The number of likely N-dealkylation sites (tertiary alicyclic amines) is 1. The van der Waals surface area contributed by atoms with E-state index >= 15 is 0 Å². The largest absolute Gasteiger partial charge is 0.507 e. The van der Waals surface area contributed by atoms with Crippen molar-refractivity contribution in [3.63, 3.8) is 0 Å². The lowest BCUT2D eigenvalue weighted by molar-refractivity contribution is -0.139. The van der Waals surface area contributed by atoms with E-state index in [0.717, 1.165) is 40.7 Å². The summed E-state index contributed by atoms with van der Waals surface area (Å²) in [6, 6.07) is 12.3. The van der Waals surface area contributed by atoms with Crippen molar-refractivity contribution in [1.82, 2.24) is 9.80 Å². The summed E-state index contributed by atoms with van der Waals surface area (Å²) in [7, 11) is 3.94. The van der Waals surface area contributed by atoms with Gasteiger partial charge in [0.1, 0.15) is 17.6 Å². The number of aliphatic hydroxyl groups is 1. The molecule has 6 nitrogen and oxygen atoms in total. The second kappa shape index (κ2) is 9.08. The molecule has 2 aromatic rings. The number of aliphatic hydroxyl groups excluding tert-OH is 1. The summed E-state index contributed by atoms with van der Waals surface area (Å²) in [4.78, 5) is 29.8. The van der Waals surface area contributed by atoms with Crippen molar-refractivity contribution < 1.29 is 19.4 Å². The Morgan fingerprint density at radius 2 is 2.00 bits per heavy atom. The first-order chi connectivity index (χ1) is 15.3. The van der Waals surface area contributed by atoms with E-state index in [0.29, 0.717) is 12.1 Å². The van der Waals surface area contributed by atoms with Crippen molar-refractivity contribution in [2.45, 2.75) is 31.9 Å². The Balaban J connectivity index is 1.78. The van der Waals surface area contributed by atoms with E-state index in [9.17, 15) is 14.7 Å². The molecule has 2 aliphatic heterocycles. The van der Waals surface area contributed by atoms with Crippen molar-refractivity contribution in [3.8, 4) is 5.75 Å². The highest BCUT2D eigenvalue weighted by molar-refractivity contribution is 9.10. The predicted molar refractivity (Wildman–Crippen MR) is 127 cm³/mol. The fourth-order valence-electron chi connectivity index (χ4n) is 4.42. The molecule has 0 saturated carbocycles. The quantitative estimate of drug-likeness (QED) is 0.368. The average molecular weight is 499 g/mol. The van der Waals surface area contributed by atoms with E-state index in [4.69, 9.17) is 4.74 Å². The molecular weight excluding hydrogens is 472 g/mol. The van der Waals surface area contributed by atoms with Gasteiger partial charge < -0.3 is 19.6 Å². The third-order valence-electron chi connectivity index (χ3n) is 5.88. The van der Waals surface area contributed by atoms with Gasteiger partial charge in [0.2, 0.25) is 0 Å². The summed E-state index contributed by atoms with van der Waals surface area (Å²) in [5.41, 5.74) is 2.42. The van der Waals surface area contributed by atoms with E-state index in [-0.39, 0.29) is 17.4 Å². The summed E-state index contributed by atoms with van der Waals surface area (Å²) >= 11 is 3.48. The molecule has 0 spiro atoms. The predicted octanol–water partition coefficient (Wildman–Crippen LogP) is 4.15. The van der Waals surface area contributed by atoms with Gasteiger partial charge in [-0.3, -0.25) is 9.59 Å². The lowest BCUT2D eigenvalue weighted by Gasteiger charge is -2.26. The summed E-state index contributed by atoms with van der Waals surface area (Å²) in [6.07, 6.45) is 1.54. The van der Waals surface area contributed by atoms with Crippen LogP contribution in [0.1, 0.15) is 36.1 Å². The molecule has 0 aliphatic carbocycles. The number of rotatable bonds is 6. The smallest absolute Gasteiger partial charge is 0.295 e. The van der Waals surface area contributed by atoms with Crippen LogP contribution in [0, 0.1) is 0 Å². The van der Waals surface area contributed by atoms with Crippen LogP contribution in [-0.2, 0) is 16.0 Å². The zero-order chi connectivity index (χ0) is 23.0. The summed E-state index contributed by atoms with van der Waals surface area (Å²) in [6.45, 7) is 3.20. The minimum absolute atomic E-state index is 0.0753. The van der Waals surface area contributed by atoms with Gasteiger partial charge in [0.05, 0.1) is 11.6 Å². The second-order valence-corrected chi connectivity index (χ2v) is 9.58. The molecule has 2 unspecified atom stereocenters. The molecule has 1 saturated heterocycles. The molecule has 168 valence electrons. The number of carbonyl (C=O) groups excluding carboxylic acids is 2. The average Bonchev–Trinajstić information content (AvgIpc) is 3.24. The minimum atomic E-state index is -0.651. The number of ether oxygens (including phenoxy) is 1. The fraction of sp³-hybridized carbons (Fsp3) is 0.360. The molecular formula is C25H27BrN2O4. The highest BCUT2D eigenvalue weighted by Gasteiger charge is 2.45. The van der Waals surface area contributed by atoms with Crippen LogP contribution in [0.25, 0.3) is 5.76 Å². The van der Waals surface area contributed by atoms with Crippen molar-refractivity contribution >= 4 is 33.4 Å². The van der Waals surface area contributed by atoms with E-state index in [1.807, 2.05) is 62.3 Å². The van der Waals surface area contributed by atoms with Gasteiger partial charge in [-0.25, -0.2) is 0 Å². The maximum absolute atomic E-state index is 13.1. The van der Waals surface area contributed by atoms with Crippen molar-refractivity contribution in [2.75, 3.05) is 27.2 Å². The Bertz CT molecular complexity index is 1100. The van der Waals surface area contributed by atoms with Gasteiger partial charge in [-0.2, -0.15) is 0 Å². The normalized spacial score (nSPS) is 21.8. The van der Waals surface area contributed by atoms with Crippen LogP contribution in [0.15, 0.2) is 52.5 Å². The van der Waals surface area contributed by atoms with Crippen LogP contribution < -0.4 is 4.74 Å². The Labute approximate surface area is 196 Å². The van der Waals surface area contributed by atoms with Crippen LogP contribution in [-0.4, -0.2) is 59.9 Å². The van der Waals surface area contributed by atoms with Gasteiger partial charge in [-0.15, -0.1) is 0 Å². The van der Waals surface area contributed by atoms with Crippen molar-refractivity contribution in [2.24, 2.45) is 0 Å².